The largest absolute Gasteiger partial charge is 0.303 e. The molecule has 1 aliphatic heterocycles. The Morgan fingerprint density at radius 2 is 2.21 bits per heavy atom. The number of rotatable bonds is 4. The third-order valence-corrected chi connectivity index (χ3v) is 3.88. The molecule has 1 aromatic rings. The number of hydrogen-bond acceptors (Lipinski definition) is 4. The van der Waals surface area contributed by atoms with Crippen molar-refractivity contribution in [3.8, 4) is 0 Å². The van der Waals surface area contributed by atoms with E-state index in [0.717, 1.165) is 17.9 Å². The molecule has 0 unspecified atom stereocenters. The summed E-state index contributed by atoms with van der Waals surface area (Å²) in [5, 5.41) is 3.38. The molecular formula is C10H16N2S2. The molecule has 4 heteroatoms. The topological polar surface area (TPSA) is 16.1 Å². The summed E-state index contributed by atoms with van der Waals surface area (Å²) >= 11 is 5.98. The zero-order chi connectivity index (χ0) is 9.80. The maximum atomic E-state index is 4.51. The first kappa shape index (κ1) is 10.5. The van der Waals surface area contributed by atoms with Crippen LogP contribution in [0.25, 0.3) is 0 Å². The second kappa shape index (κ2) is 5.14. The number of likely N-dealkylation sites (tertiary alicyclic amines) is 1. The quantitative estimate of drug-likeness (QED) is 0.795. The van der Waals surface area contributed by atoms with Crippen LogP contribution in [0, 0.1) is 0 Å². The predicted octanol–water partition coefficient (Wildman–Crippen LogP) is 2.21. The standard InChI is InChI=1S/C10H16N2S2/c13-7-9-8-14-10(11-9)3-6-12-4-1-2-5-12/h8,13H,1-7H2. The molecule has 0 bridgehead atoms. The number of thiazole rings is 1. The molecule has 78 valence electrons. The monoisotopic (exact) mass is 228 g/mol. The van der Waals surface area contributed by atoms with Crippen molar-refractivity contribution in [3.63, 3.8) is 0 Å². The Labute approximate surface area is 94.8 Å². The van der Waals surface area contributed by atoms with Gasteiger partial charge in [0.05, 0.1) is 10.7 Å². The molecule has 2 heterocycles. The van der Waals surface area contributed by atoms with Crippen LogP contribution in [-0.4, -0.2) is 29.5 Å². The summed E-state index contributed by atoms with van der Waals surface area (Å²) in [6, 6.07) is 0. The van der Waals surface area contributed by atoms with Gasteiger partial charge in [0.2, 0.25) is 0 Å². The lowest BCUT2D eigenvalue weighted by molar-refractivity contribution is 0.343. The Balaban J connectivity index is 1.79. The molecule has 1 saturated heterocycles. The average molecular weight is 228 g/mol. The third-order valence-electron chi connectivity index (χ3n) is 2.60. The van der Waals surface area contributed by atoms with Crippen molar-refractivity contribution in [3.05, 3.63) is 16.1 Å². The number of aromatic nitrogens is 1. The van der Waals surface area contributed by atoms with Crippen molar-refractivity contribution >= 4 is 24.0 Å². The number of hydrogen-bond donors (Lipinski definition) is 1. The summed E-state index contributed by atoms with van der Waals surface area (Å²) in [6.07, 6.45) is 3.86. The van der Waals surface area contributed by atoms with Crippen LogP contribution in [0.15, 0.2) is 5.38 Å². The molecule has 0 saturated carbocycles. The minimum absolute atomic E-state index is 0.764. The van der Waals surface area contributed by atoms with Crippen molar-refractivity contribution in [2.24, 2.45) is 0 Å². The molecular weight excluding hydrogens is 212 g/mol. The highest BCUT2D eigenvalue weighted by molar-refractivity contribution is 7.79. The fourth-order valence-corrected chi connectivity index (χ4v) is 2.87. The summed E-state index contributed by atoms with van der Waals surface area (Å²) in [5.41, 5.74) is 1.12. The number of thiol groups is 1. The Morgan fingerprint density at radius 1 is 1.43 bits per heavy atom. The molecule has 2 nitrogen and oxygen atoms in total. The van der Waals surface area contributed by atoms with E-state index in [1.54, 1.807) is 11.3 Å². The minimum Gasteiger partial charge on any atom is -0.303 e. The minimum atomic E-state index is 0.764. The van der Waals surface area contributed by atoms with Gasteiger partial charge in [-0.05, 0) is 25.9 Å². The molecule has 2 rings (SSSR count). The van der Waals surface area contributed by atoms with Crippen LogP contribution in [0.2, 0.25) is 0 Å². The first-order chi connectivity index (χ1) is 6.88. The van der Waals surface area contributed by atoms with Gasteiger partial charge in [0.1, 0.15) is 0 Å². The summed E-state index contributed by atoms with van der Waals surface area (Å²) in [5.74, 6) is 0.764. The lowest BCUT2D eigenvalue weighted by atomic mass is 10.4. The fraction of sp³-hybridized carbons (Fsp3) is 0.700. The van der Waals surface area contributed by atoms with Crippen molar-refractivity contribution in [2.45, 2.75) is 25.0 Å². The molecule has 0 amide bonds. The van der Waals surface area contributed by atoms with Crippen LogP contribution >= 0.6 is 24.0 Å². The third kappa shape index (κ3) is 2.72. The predicted molar refractivity (Wildman–Crippen MR) is 64.2 cm³/mol. The van der Waals surface area contributed by atoms with Crippen LogP contribution in [-0.2, 0) is 12.2 Å². The lowest BCUT2D eigenvalue weighted by Gasteiger charge is -2.12. The highest BCUT2D eigenvalue weighted by atomic mass is 32.1. The van der Waals surface area contributed by atoms with E-state index in [-0.39, 0.29) is 0 Å². The van der Waals surface area contributed by atoms with Gasteiger partial charge in [-0.25, -0.2) is 4.98 Å². The van der Waals surface area contributed by atoms with E-state index in [2.05, 4.69) is 27.9 Å². The maximum Gasteiger partial charge on any atom is 0.0941 e. The molecule has 0 atom stereocenters. The van der Waals surface area contributed by atoms with Gasteiger partial charge in [-0.1, -0.05) is 0 Å². The molecule has 0 aliphatic carbocycles. The summed E-state index contributed by atoms with van der Waals surface area (Å²) in [4.78, 5) is 7.03. The maximum absolute atomic E-state index is 4.51. The van der Waals surface area contributed by atoms with Gasteiger partial charge in [0, 0.05) is 24.1 Å². The van der Waals surface area contributed by atoms with Crippen LogP contribution < -0.4 is 0 Å². The fourth-order valence-electron chi connectivity index (χ4n) is 1.80. The molecule has 0 radical (unpaired) electrons. The van der Waals surface area contributed by atoms with Gasteiger partial charge >= 0.3 is 0 Å². The summed E-state index contributed by atoms with van der Waals surface area (Å²) in [6.45, 7) is 3.75. The lowest BCUT2D eigenvalue weighted by Crippen LogP contribution is -2.21. The second-order valence-electron chi connectivity index (χ2n) is 3.69. The highest BCUT2D eigenvalue weighted by Crippen LogP contribution is 2.14. The van der Waals surface area contributed by atoms with Gasteiger partial charge in [-0.2, -0.15) is 12.6 Å². The summed E-state index contributed by atoms with van der Waals surface area (Å²) in [7, 11) is 0. The Morgan fingerprint density at radius 3 is 2.86 bits per heavy atom. The van der Waals surface area contributed by atoms with E-state index < -0.39 is 0 Å². The van der Waals surface area contributed by atoms with Gasteiger partial charge in [-0.3, -0.25) is 0 Å². The Hall–Kier alpha value is -0.0600. The van der Waals surface area contributed by atoms with Gasteiger partial charge in [-0.15, -0.1) is 11.3 Å². The SMILES string of the molecule is SCc1csc(CCN2CCCC2)n1. The second-order valence-corrected chi connectivity index (χ2v) is 4.95. The average Bonchev–Trinajstić information content (AvgIpc) is 2.86. The van der Waals surface area contributed by atoms with E-state index in [1.165, 1.54) is 37.5 Å². The highest BCUT2D eigenvalue weighted by Gasteiger charge is 2.11. The molecule has 1 aliphatic rings. The van der Waals surface area contributed by atoms with E-state index in [4.69, 9.17) is 0 Å². The first-order valence-electron chi connectivity index (χ1n) is 5.15. The molecule has 0 spiro atoms. The van der Waals surface area contributed by atoms with E-state index in [1.807, 2.05) is 0 Å². The van der Waals surface area contributed by atoms with Crippen LogP contribution in [0.4, 0.5) is 0 Å². The zero-order valence-corrected chi connectivity index (χ0v) is 9.99. The summed E-state index contributed by atoms with van der Waals surface area (Å²) < 4.78 is 0. The van der Waals surface area contributed by atoms with Crippen LogP contribution in [0.5, 0.6) is 0 Å². The molecule has 1 fully saturated rings. The van der Waals surface area contributed by atoms with Gasteiger partial charge in [0.15, 0.2) is 0 Å². The Bertz CT molecular complexity index is 279. The molecule has 1 aromatic heterocycles. The van der Waals surface area contributed by atoms with E-state index in [9.17, 15) is 0 Å². The van der Waals surface area contributed by atoms with Crippen molar-refractivity contribution < 1.29 is 0 Å². The zero-order valence-electron chi connectivity index (χ0n) is 8.28. The van der Waals surface area contributed by atoms with E-state index >= 15 is 0 Å². The first-order valence-corrected chi connectivity index (χ1v) is 6.66. The Kier molecular flexibility index (Phi) is 3.84. The molecule has 14 heavy (non-hydrogen) atoms. The molecule has 0 N–H and O–H groups in total. The van der Waals surface area contributed by atoms with Crippen LogP contribution in [0.3, 0.4) is 0 Å². The van der Waals surface area contributed by atoms with Crippen molar-refractivity contribution in [2.75, 3.05) is 19.6 Å². The van der Waals surface area contributed by atoms with Crippen molar-refractivity contribution in [1.29, 1.82) is 0 Å². The van der Waals surface area contributed by atoms with Gasteiger partial charge < -0.3 is 4.90 Å². The van der Waals surface area contributed by atoms with Gasteiger partial charge in [0.25, 0.3) is 0 Å². The number of nitrogens with zero attached hydrogens (tertiary/aromatic N) is 2. The van der Waals surface area contributed by atoms with Crippen molar-refractivity contribution in [1.82, 2.24) is 9.88 Å². The van der Waals surface area contributed by atoms with E-state index in [0.29, 0.717) is 0 Å². The molecule has 0 aromatic carbocycles. The van der Waals surface area contributed by atoms with Crippen LogP contribution in [0.1, 0.15) is 23.5 Å². The normalized spacial score (nSPS) is 17.8. The smallest absolute Gasteiger partial charge is 0.0941 e.